The first-order valence-corrected chi connectivity index (χ1v) is 9.81. The Labute approximate surface area is 160 Å². The van der Waals surface area contributed by atoms with Crippen molar-refractivity contribution in [2.45, 2.75) is 17.2 Å². The van der Waals surface area contributed by atoms with Gasteiger partial charge in [0, 0.05) is 27.9 Å². The number of halogens is 1. The number of rotatable bonds is 3. The van der Waals surface area contributed by atoms with Gasteiger partial charge in [-0.3, -0.25) is 9.69 Å². The highest BCUT2D eigenvalue weighted by molar-refractivity contribution is 7.98. The summed E-state index contributed by atoms with van der Waals surface area (Å²) >= 11 is 7.61. The molecule has 26 heavy (non-hydrogen) atoms. The summed E-state index contributed by atoms with van der Waals surface area (Å²) in [5.74, 6) is -0.666. The van der Waals surface area contributed by atoms with Crippen molar-refractivity contribution in [2.24, 2.45) is 0 Å². The van der Waals surface area contributed by atoms with Crippen LogP contribution in [-0.4, -0.2) is 24.7 Å². The first-order valence-electron chi connectivity index (χ1n) is 8.21. The molecule has 0 N–H and O–H groups in total. The maximum atomic E-state index is 12.9. The summed E-state index contributed by atoms with van der Waals surface area (Å²) in [4.78, 5) is 28.1. The Morgan fingerprint density at radius 1 is 1.08 bits per heavy atom. The van der Waals surface area contributed by atoms with Crippen LogP contribution < -0.4 is 4.90 Å². The van der Waals surface area contributed by atoms with E-state index in [4.69, 9.17) is 16.3 Å². The normalized spacial score (nSPS) is 19.6. The van der Waals surface area contributed by atoms with Crippen molar-refractivity contribution in [1.29, 1.82) is 0 Å². The lowest BCUT2D eigenvalue weighted by atomic mass is 9.84. The first kappa shape index (κ1) is 17.2. The molecule has 0 saturated heterocycles. The number of hydrogen-bond acceptors (Lipinski definition) is 4. The number of esters is 1. The van der Waals surface area contributed by atoms with Gasteiger partial charge < -0.3 is 4.74 Å². The molecule has 132 valence electrons. The van der Waals surface area contributed by atoms with E-state index in [-0.39, 0.29) is 30.8 Å². The van der Waals surface area contributed by atoms with E-state index in [1.807, 2.05) is 30.5 Å². The summed E-state index contributed by atoms with van der Waals surface area (Å²) in [5.41, 5.74) is 2.86. The SMILES string of the molecule is CSc1ccc([C@H]2CC(=O)N(c3ccc(Cl)cc3)C3=C2C(=O)OC3)cc1. The molecule has 2 aromatic rings. The zero-order chi connectivity index (χ0) is 18.3. The Morgan fingerprint density at radius 2 is 1.77 bits per heavy atom. The van der Waals surface area contributed by atoms with Crippen molar-refractivity contribution < 1.29 is 14.3 Å². The third kappa shape index (κ3) is 2.91. The van der Waals surface area contributed by atoms with Gasteiger partial charge >= 0.3 is 5.97 Å². The Hall–Kier alpha value is -2.24. The number of ether oxygens (including phenoxy) is 1. The number of nitrogens with zero attached hydrogens (tertiary/aromatic N) is 1. The molecule has 0 saturated carbocycles. The summed E-state index contributed by atoms with van der Waals surface area (Å²) in [5, 5.41) is 0.595. The average molecular weight is 386 g/mol. The van der Waals surface area contributed by atoms with E-state index < -0.39 is 0 Å². The van der Waals surface area contributed by atoms with Crippen molar-refractivity contribution in [2.75, 3.05) is 17.8 Å². The van der Waals surface area contributed by atoms with Crippen LogP contribution in [0.3, 0.4) is 0 Å². The Bertz CT molecular complexity index is 906. The molecule has 0 fully saturated rings. The molecule has 0 radical (unpaired) electrons. The van der Waals surface area contributed by atoms with E-state index in [1.54, 1.807) is 40.9 Å². The Morgan fingerprint density at radius 3 is 2.42 bits per heavy atom. The van der Waals surface area contributed by atoms with Crippen molar-refractivity contribution in [1.82, 2.24) is 0 Å². The van der Waals surface area contributed by atoms with Gasteiger partial charge in [0.15, 0.2) is 0 Å². The van der Waals surface area contributed by atoms with E-state index in [0.29, 0.717) is 22.0 Å². The molecular weight excluding hydrogens is 370 g/mol. The zero-order valence-electron chi connectivity index (χ0n) is 14.1. The molecule has 0 unspecified atom stereocenters. The number of thioether (sulfide) groups is 1. The van der Waals surface area contributed by atoms with Crippen LogP contribution in [0.4, 0.5) is 5.69 Å². The molecule has 0 aromatic heterocycles. The fourth-order valence-corrected chi connectivity index (χ4v) is 4.00. The average Bonchev–Trinajstić information content (AvgIpc) is 3.04. The topological polar surface area (TPSA) is 46.6 Å². The summed E-state index contributed by atoms with van der Waals surface area (Å²) < 4.78 is 5.28. The zero-order valence-corrected chi connectivity index (χ0v) is 15.6. The molecule has 2 aromatic carbocycles. The monoisotopic (exact) mass is 385 g/mol. The number of carbonyl (C=O) groups excluding carboxylic acids is 2. The fraction of sp³-hybridized carbons (Fsp3) is 0.200. The van der Waals surface area contributed by atoms with Crippen LogP contribution in [0.25, 0.3) is 0 Å². The van der Waals surface area contributed by atoms with E-state index in [9.17, 15) is 9.59 Å². The minimum Gasteiger partial charge on any atom is -0.456 e. The Kier molecular flexibility index (Phi) is 4.51. The molecule has 2 aliphatic heterocycles. The van der Waals surface area contributed by atoms with Crippen LogP contribution in [0.5, 0.6) is 0 Å². The van der Waals surface area contributed by atoms with Crippen molar-refractivity contribution >= 4 is 40.9 Å². The van der Waals surface area contributed by atoms with E-state index >= 15 is 0 Å². The second-order valence-electron chi connectivity index (χ2n) is 6.17. The lowest BCUT2D eigenvalue weighted by molar-refractivity contribution is -0.136. The molecule has 2 heterocycles. The molecule has 0 spiro atoms. The van der Waals surface area contributed by atoms with Crippen LogP contribution in [0.2, 0.25) is 5.02 Å². The van der Waals surface area contributed by atoms with E-state index in [2.05, 4.69) is 0 Å². The summed E-state index contributed by atoms with van der Waals surface area (Å²) in [6.45, 7) is 0.113. The molecule has 1 atom stereocenters. The van der Waals surface area contributed by atoms with Crippen molar-refractivity contribution in [3.63, 3.8) is 0 Å². The molecule has 1 amide bonds. The quantitative estimate of drug-likeness (QED) is 0.580. The van der Waals surface area contributed by atoms with Gasteiger partial charge in [0.2, 0.25) is 5.91 Å². The summed E-state index contributed by atoms with van der Waals surface area (Å²) in [6, 6.07) is 15.0. The molecule has 4 rings (SSSR count). The van der Waals surface area contributed by atoms with Gasteiger partial charge in [-0.1, -0.05) is 23.7 Å². The van der Waals surface area contributed by atoms with Crippen molar-refractivity contribution in [3.05, 3.63) is 70.4 Å². The van der Waals surface area contributed by atoms with Crippen LogP contribution in [0.15, 0.2) is 64.7 Å². The predicted octanol–water partition coefficient (Wildman–Crippen LogP) is 4.39. The highest BCUT2D eigenvalue weighted by Gasteiger charge is 2.42. The minimum absolute atomic E-state index is 0.0525. The molecular formula is C20H16ClNO3S. The van der Waals surface area contributed by atoms with E-state index in [1.165, 1.54) is 0 Å². The summed E-state index contributed by atoms with van der Waals surface area (Å²) in [7, 11) is 0. The van der Waals surface area contributed by atoms with Gasteiger partial charge in [-0.25, -0.2) is 4.79 Å². The number of carbonyl (C=O) groups is 2. The van der Waals surface area contributed by atoms with Crippen LogP contribution >= 0.6 is 23.4 Å². The lowest BCUT2D eigenvalue weighted by Crippen LogP contribution is -2.37. The van der Waals surface area contributed by atoms with Gasteiger partial charge in [-0.05, 0) is 48.2 Å². The van der Waals surface area contributed by atoms with Gasteiger partial charge in [0.25, 0.3) is 0 Å². The molecule has 0 bridgehead atoms. The number of anilines is 1. The number of amides is 1. The molecule has 0 aliphatic carbocycles. The molecule has 4 nitrogen and oxygen atoms in total. The van der Waals surface area contributed by atoms with Gasteiger partial charge in [-0.15, -0.1) is 11.8 Å². The van der Waals surface area contributed by atoms with Crippen LogP contribution in [-0.2, 0) is 14.3 Å². The number of hydrogen-bond donors (Lipinski definition) is 0. The smallest absolute Gasteiger partial charge is 0.336 e. The van der Waals surface area contributed by atoms with Crippen LogP contribution in [0.1, 0.15) is 17.9 Å². The lowest BCUT2D eigenvalue weighted by Gasteiger charge is -2.32. The second-order valence-corrected chi connectivity index (χ2v) is 7.49. The van der Waals surface area contributed by atoms with Gasteiger partial charge in [0.1, 0.15) is 6.61 Å². The van der Waals surface area contributed by atoms with Crippen molar-refractivity contribution in [3.8, 4) is 0 Å². The Balaban J connectivity index is 1.78. The predicted molar refractivity (Wildman–Crippen MR) is 103 cm³/mol. The fourth-order valence-electron chi connectivity index (χ4n) is 3.46. The third-order valence-electron chi connectivity index (χ3n) is 4.72. The highest BCUT2D eigenvalue weighted by Crippen LogP contribution is 2.42. The summed E-state index contributed by atoms with van der Waals surface area (Å²) in [6.07, 6.45) is 2.24. The second kappa shape index (κ2) is 6.82. The first-order chi connectivity index (χ1) is 12.6. The standard InChI is InChI=1S/C20H16ClNO3S/c1-26-15-8-2-12(3-9-15)16-10-18(23)22(14-6-4-13(21)5-7-14)17-11-25-20(24)19(16)17/h2-9,16H,10-11H2,1H3/t16-/m1/s1. The maximum Gasteiger partial charge on any atom is 0.336 e. The number of benzene rings is 2. The molecule has 6 heteroatoms. The maximum absolute atomic E-state index is 12.9. The molecule has 2 aliphatic rings. The van der Waals surface area contributed by atoms with Gasteiger partial charge in [0.05, 0.1) is 11.3 Å². The minimum atomic E-state index is -0.342. The van der Waals surface area contributed by atoms with E-state index in [0.717, 1.165) is 10.5 Å². The third-order valence-corrected chi connectivity index (χ3v) is 5.72. The van der Waals surface area contributed by atoms with Crippen LogP contribution in [0, 0.1) is 0 Å². The number of cyclic esters (lactones) is 1. The highest BCUT2D eigenvalue weighted by atomic mass is 35.5. The largest absolute Gasteiger partial charge is 0.456 e. The van der Waals surface area contributed by atoms with Gasteiger partial charge in [-0.2, -0.15) is 0 Å².